The molecule has 9 heavy (non-hydrogen) atoms. The molecule has 0 aromatic heterocycles. The van der Waals surface area contributed by atoms with Gasteiger partial charge in [0.2, 0.25) is 0 Å². The van der Waals surface area contributed by atoms with Gasteiger partial charge in [-0.3, -0.25) is 4.55 Å². The van der Waals surface area contributed by atoms with Gasteiger partial charge in [-0.25, -0.2) is 0 Å². The topological polar surface area (TPSA) is 54.4 Å². The molecule has 0 atom stereocenters. The summed E-state index contributed by atoms with van der Waals surface area (Å²) in [6, 6.07) is 0. The van der Waals surface area contributed by atoms with Crippen LogP contribution in [-0.4, -0.2) is 42.5 Å². The molecule has 0 aliphatic carbocycles. The summed E-state index contributed by atoms with van der Waals surface area (Å²) in [5.74, 6) is 0. The van der Waals surface area contributed by atoms with Crippen LogP contribution in [0.2, 0.25) is 0 Å². The first-order valence-electron chi connectivity index (χ1n) is 1.83. The van der Waals surface area contributed by atoms with Gasteiger partial charge in [-0.1, -0.05) is 6.08 Å². The summed E-state index contributed by atoms with van der Waals surface area (Å²) in [6.07, 6.45) is 1.53. The quantitative estimate of drug-likeness (QED) is 0.383. The summed E-state index contributed by atoms with van der Waals surface area (Å²) in [5.41, 5.74) is 0. The van der Waals surface area contributed by atoms with Crippen LogP contribution in [0.25, 0.3) is 0 Å². The Morgan fingerprint density at radius 2 is 2.00 bits per heavy atom. The van der Waals surface area contributed by atoms with E-state index in [0.717, 1.165) is 0 Å². The molecule has 0 rings (SSSR count). The third-order valence-electron chi connectivity index (χ3n) is 0.313. The molecule has 0 fully saturated rings. The van der Waals surface area contributed by atoms with Crippen LogP contribution in [0, 0.1) is 0 Å². The van der Waals surface area contributed by atoms with Crippen LogP contribution in [0.4, 0.5) is 0 Å². The first-order chi connectivity index (χ1) is 3.56. The summed E-state index contributed by atoms with van der Waals surface area (Å²) < 4.78 is 27.7. The zero-order chi connectivity index (χ0) is 6.62. The summed E-state index contributed by atoms with van der Waals surface area (Å²) >= 11 is 0. The standard InChI is InChI=1S/C3H6O3S2.Na/c1-2-3-7-8(4,5)6;/h2-3H,1H3,(H,4,5,6);. The van der Waals surface area contributed by atoms with E-state index in [0.29, 0.717) is 10.8 Å². The second-order valence-electron chi connectivity index (χ2n) is 0.993. The van der Waals surface area contributed by atoms with Gasteiger partial charge in [0.25, 0.3) is 0 Å². The fraction of sp³-hybridized carbons (Fsp3) is 0.333. The van der Waals surface area contributed by atoms with Gasteiger partial charge in [0, 0.05) is 40.4 Å². The molecule has 0 heterocycles. The monoisotopic (exact) mass is 177 g/mol. The van der Waals surface area contributed by atoms with E-state index in [1.165, 1.54) is 11.5 Å². The first kappa shape index (κ1) is 12.7. The molecule has 0 aliphatic rings. The van der Waals surface area contributed by atoms with E-state index in [1.807, 2.05) is 0 Å². The second-order valence-corrected chi connectivity index (χ2v) is 4.15. The number of hydrogen-bond donors (Lipinski definition) is 1. The van der Waals surface area contributed by atoms with E-state index >= 15 is 0 Å². The van der Waals surface area contributed by atoms with Gasteiger partial charge in [0.1, 0.15) is 0 Å². The van der Waals surface area contributed by atoms with Crippen LogP contribution in [0.3, 0.4) is 0 Å². The smallest absolute Gasteiger partial charge is 0.277 e. The van der Waals surface area contributed by atoms with Gasteiger partial charge >= 0.3 is 9.15 Å². The Morgan fingerprint density at radius 1 is 1.56 bits per heavy atom. The van der Waals surface area contributed by atoms with E-state index in [4.69, 9.17) is 4.55 Å². The van der Waals surface area contributed by atoms with Crippen LogP contribution in [0.15, 0.2) is 11.5 Å². The number of hydrogen-bond acceptors (Lipinski definition) is 3. The molecular weight excluding hydrogens is 171 g/mol. The summed E-state index contributed by atoms with van der Waals surface area (Å²) in [4.78, 5) is 0. The van der Waals surface area contributed by atoms with Crippen molar-refractivity contribution in [3.63, 3.8) is 0 Å². The third kappa shape index (κ3) is 12.2. The molecule has 0 unspecified atom stereocenters. The Hall–Kier alpha value is 1.000. The largest absolute Gasteiger partial charge is 0.323 e. The maximum atomic E-state index is 9.86. The first-order valence-corrected chi connectivity index (χ1v) is 4.67. The van der Waals surface area contributed by atoms with E-state index < -0.39 is 9.15 Å². The fourth-order valence-electron chi connectivity index (χ4n) is 0.126. The van der Waals surface area contributed by atoms with Crippen LogP contribution in [0.5, 0.6) is 0 Å². The molecule has 0 saturated heterocycles. The van der Waals surface area contributed by atoms with Crippen molar-refractivity contribution in [3.8, 4) is 0 Å². The predicted octanol–water partition coefficient (Wildman–Crippen LogP) is 0.675. The maximum Gasteiger partial charge on any atom is 0.323 e. The Bertz CT molecular complexity index is 171. The third-order valence-corrected chi connectivity index (χ3v) is 2.00. The van der Waals surface area contributed by atoms with Gasteiger partial charge in [-0.15, -0.1) is 0 Å². The van der Waals surface area contributed by atoms with Crippen LogP contribution >= 0.6 is 10.8 Å². The summed E-state index contributed by atoms with van der Waals surface area (Å²) in [7, 11) is -3.48. The average Bonchev–Trinajstić information content (AvgIpc) is 1.59. The molecule has 0 amide bonds. The molecule has 0 aliphatic heterocycles. The minimum absolute atomic E-state index is 0. The Morgan fingerprint density at radius 3 is 2.11 bits per heavy atom. The van der Waals surface area contributed by atoms with Gasteiger partial charge in [0.15, 0.2) is 0 Å². The van der Waals surface area contributed by atoms with Gasteiger partial charge in [-0.2, -0.15) is 8.42 Å². The van der Waals surface area contributed by atoms with Crippen LogP contribution in [0.1, 0.15) is 6.92 Å². The Kier molecular flexibility index (Phi) is 8.10. The maximum absolute atomic E-state index is 9.86. The molecule has 3 nitrogen and oxygen atoms in total. The minimum Gasteiger partial charge on any atom is -0.277 e. The van der Waals surface area contributed by atoms with Crippen molar-refractivity contribution in [3.05, 3.63) is 11.5 Å². The molecule has 0 spiro atoms. The normalized spacial score (nSPS) is 11.3. The summed E-state index contributed by atoms with van der Waals surface area (Å²) in [5, 5.41) is 1.29. The Balaban J connectivity index is 0. The molecular formula is C3H6NaO3S2. The van der Waals surface area contributed by atoms with Crippen LogP contribution in [-0.2, 0) is 9.15 Å². The zero-order valence-electron chi connectivity index (χ0n) is 5.23. The van der Waals surface area contributed by atoms with E-state index in [2.05, 4.69) is 0 Å². The average molecular weight is 177 g/mol. The van der Waals surface area contributed by atoms with Crippen LogP contribution < -0.4 is 0 Å². The van der Waals surface area contributed by atoms with Gasteiger partial charge in [0.05, 0.1) is 0 Å². The fourth-order valence-corrected chi connectivity index (χ4v) is 1.13. The minimum atomic E-state index is -3.86. The molecule has 0 bridgehead atoms. The molecule has 49 valence electrons. The molecule has 1 N–H and O–H groups in total. The van der Waals surface area contributed by atoms with Gasteiger partial charge in [-0.05, 0) is 12.3 Å². The SMILES string of the molecule is CC=CSS(=O)(=O)O.[Na]. The van der Waals surface area contributed by atoms with E-state index in [1.54, 1.807) is 6.92 Å². The van der Waals surface area contributed by atoms with Crippen molar-refractivity contribution in [1.29, 1.82) is 0 Å². The van der Waals surface area contributed by atoms with Crippen molar-refractivity contribution < 1.29 is 13.0 Å². The number of allylic oxidation sites excluding steroid dienone is 1. The van der Waals surface area contributed by atoms with Crippen molar-refractivity contribution in [1.82, 2.24) is 0 Å². The molecule has 0 aromatic rings. The second kappa shape index (κ2) is 5.76. The van der Waals surface area contributed by atoms with Gasteiger partial charge < -0.3 is 0 Å². The zero-order valence-corrected chi connectivity index (χ0v) is 8.87. The molecule has 1 radical (unpaired) electrons. The van der Waals surface area contributed by atoms with Crippen molar-refractivity contribution in [2.45, 2.75) is 6.92 Å². The molecule has 6 heteroatoms. The number of rotatable bonds is 2. The predicted molar refractivity (Wildman–Crippen MR) is 39.7 cm³/mol. The van der Waals surface area contributed by atoms with Crippen molar-refractivity contribution >= 4 is 49.5 Å². The molecule has 0 aromatic carbocycles. The van der Waals surface area contributed by atoms with E-state index in [9.17, 15) is 8.42 Å². The van der Waals surface area contributed by atoms with Crippen molar-refractivity contribution in [2.75, 3.05) is 0 Å². The molecule has 0 saturated carbocycles. The summed E-state index contributed by atoms with van der Waals surface area (Å²) in [6.45, 7) is 1.66. The van der Waals surface area contributed by atoms with Crippen molar-refractivity contribution in [2.24, 2.45) is 0 Å². The van der Waals surface area contributed by atoms with E-state index in [-0.39, 0.29) is 29.6 Å². The Labute approximate surface area is 80.3 Å².